The molecule has 0 aromatic carbocycles. The number of rotatable bonds is 4. The summed E-state index contributed by atoms with van der Waals surface area (Å²) in [7, 11) is 0. The predicted molar refractivity (Wildman–Crippen MR) is 92.1 cm³/mol. The van der Waals surface area contributed by atoms with Crippen molar-refractivity contribution < 1.29 is 4.52 Å². The minimum absolute atomic E-state index is 0.453. The third-order valence-corrected chi connectivity index (χ3v) is 5.60. The molecule has 6 nitrogen and oxygen atoms in total. The monoisotopic (exact) mass is 335 g/mol. The van der Waals surface area contributed by atoms with Gasteiger partial charge in [0, 0.05) is 24.5 Å². The van der Waals surface area contributed by atoms with E-state index in [2.05, 4.69) is 15.2 Å². The van der Waals surface area contributed by atoms with Crippen LogP contribution >= 0.6 is 0 Å². The largest absolute Gasteiger partial charge is 0.339 e. The summed E-state index contributed by atoms with van der Waals surface area (Å²) in [6.07, 6.45) is 13.5. The van der Waals surface area contributed by atoms with Crippen LogP contribution in [0.15, 0.2) is 41.3 Å². The zero-order valence-electron chi connectivity index (χ0n) is 14.1. The van der Waals surface area contributed by atoms with Gasteiger partial charge in [-0.1, -0.05) is 37.3 Å². The van der Waals surface area contributed by atoms with Crippen LogP contribution < -0.4 is 0 Å². The van der Waals surface area contributed by atoms with E-state index >= 15 is 0 Å². The molecule has 0 amide bonds. The molecule has 128 valence electrons. The summed E-state index contributed by atoms with van der Waals surface area (Å²) in [5.74, 6) is 4.16. The van der Waals surface area contributed by atoms with Crippen molar-refractivity contribution in [2.45, 2.75) is 44.4 Å². The van der Waals surface area contributed by atoms with E-state index in [0.717, 1.165) is 29.1 Å². The highest BCUT2D eigenvalue weighted by atomic mass is 16.5. The van der Waals surface area contributed by atoms with Crippen molar-refractivity contribution in [1.29, 1.82) is 0 Å². The first-order chi connectivity index (χ1) is 12.4. The fraction of sp³-hybridized carbons (Fsp3) is 0.474. The normalized spacial score (nSPS) is 23.7. The molecule has 3 aromatic rings. The summed E-state index contributed by atoms with van der Waals surface area (Å²) in [4.78, 5) is 9.13. The Hall–Kier alpha value is -2.50. The average molecular weight is 335 g/mol. The lowest BCUT2D eigenvalue weighted by molar-refractivity contribution is 0.305. The number of hydrogen-bond acceptors (Lipinski definition) is 5. The zero-order valence-corrected chi connectivity index (χ0v) is 14.1. The highest BCUT2D eigenvalue weighted by Crippen LogP contribution is 2.54. The maximum absolute atomic E-state index is 5.62. The van der Waals surface area contributed by atoms with Crippen molar-refractivity contribution in [3.05, 3.63) is 42.7 Å². The Bertz CT molecular complexity index is 850. The summed E-state index contributed by atoms with van der Waals surface area (Å²) in [6, 6.07) is 5.73. The van der Waals surface area contributed by atoms with Crippen molar-refractivity contribution in [1.82, 2.24) is 24.9 Å². The van der Waals surface area contributed by atoms with Crippen molar-refractivity contribution in [2.75, 3.05) is 0 Å². The summed E-state index contributed by atoms with van der Waals surface area (Å²) < 4.78 is 7.35. The van der Waals surface area contributed by atoms with E-state index in [1.54, 1.807) is 17.1 Å². The molecule has 0 radical (unpaired) electrons. The standard InChI is InChI=1S/C19H21N5O/c1-2-6-13(7-3-1)15-12-16(15)19-22-17(23-25-19)14-8-4-9-20-18(14)24-11-5-10-21-24/h4-5,8-11,13,15-16H,1-3,6-7,12H2. The molecule has 0 bridgehead atoms. The van der Waals surface area contributed by atoms with Gasteiger partial charge in [-0.2, -0.15) is 10.1 Å². The van der Waals surface area contributed by atoms with Gasteiger partial charge in [0.15, 0.2) is 5.82 Å². The van der Waals surface area contributed by atoms with Crippen molar-refractivity contribution in [3.8, 4) is 17.2 Å². The molecule has 0 saturated heterocycles. The van der Waals surface area contributed by atoms with Crippen LogP contribution in [0.25, 0.3) is 17.2 Å². The quantitative estimate of drug-likeness (QED) is 0.721. The number of nitrogens with zero attached hydrogens (tertiary/aromatic N) is 5. The zero-order chi connectivity index (χ0) is 16.6. The third kappa shape index (κ3) is 2.75. The van der Waals surface area contributed by atoms with Crippen LogP contribution in [0.4, 0.5) is 0 Å². The topological polar surface area (TPSA) is 69.6 Å². The second-order valence-corrected chi connectivity index (χ2v) is 7.19. The Balaban J connectivity index is 1.39. The van der Waals surface area contributed by atoms with Gasteiger partial charge in [0.05, 0.1) is 5.56 Å². The Morgan fingerprint density at radius 2 is 2.00 bits per heavy atom. The van der Waals surface area contributed by atoms with E-state index in [0.29, 0.717) is 11.7 Å². The molecule has 2 aliphatic carbocycles. The molecular formula is C19H21N5O. The van der Waals surface area contributed by atoms with Crippen molar-refractivity contribution in [3.63, 3.8) is 0 Å². The van der Waals surface area contributed by atoms with Crippen LogP contribution in [0.3, 0.4) is 0 Å². The van der Waals surface area contributed by atoms with Gasteiger partial charge in [-0.3, -0.25) is 0 Å². The molecule has 2 unspecified atom stereocenters. The Kier molecular flexibility index (Phi) is 3.61. The van der Waals surface area contributed by atoms with E-state index < -0.39 is 0 Å². The van der Waals surface area contributed by atoms with Crippen molar-refractivity contribution >= 4 is 0 Å². The Labute approximate surface area is 146 Å². The first-order valence-corrected chi connectivity index (χ1v) is 9.19. The molecule has 0 aliphatic heterocycles. The minimum Gasteiger partial charge on any atom is -0.339 e. The first kappa shape index (κ1) is 14.8. The number of aromatic nitrogens is 5. The van der Waals surface area contributed by atoms with E-state index in [4.69, 9.17) is 9.51 Å². The van der Waals surface area contributed by atoms with Crippen LogP contribution in [-0.2, 0) is 0 Å². The van der Waals surface area contributed by atoms with Gasteiger partial charge in [0.25, 0.3) is 0 Å². The Morgan fingerprint density at radius 3 is 2.84 bits per heavy atom. The van der Waals surface area contributed by atoms with Crippen LogP contribution in [0.5, 0.6) is 0 Å². The number of pyridine rings is 1. The van der Waals surface area contributed by atoms with Crippen LogP contribution in [0, 0.1) is 11.8 Å². The maximum Gasteiger partial charge on any atom is 0.230 e. The van der Waals surface area contributed by atoms with Gasteiger partial charge in [-0.25, -0.2) is 9.67 Å². The number of hydrogen-bond donors (Lipinski definition) is 0. The fourth-order valence-electron chi connectivity index (χ4n) is 4.23. The molecule has 6 heteroatoms. The van der Waals surface area contributed by atoms with E-state index in [9.17, 15) is 0 Å². The van der Waals surface area contributed by atoms with Gasteiger partial charge < -0.3 is 4.52 Å². The van der Waals surface area contributed by atoms with Gasteiger partial charge in [-0.05, 0) is 36.5 Å². The highest BCUT2D eigenvalue weighted by molar-refractivity contribution is 5.63. The second-order valence-electron chi connectivity index (χ2n) is 7.19. The van der Waals surface area contributed by atoms with Crippen LogP contribution in [0.2, 0.25) is 0 Å². The Morgan fingerprint density at radius 1 is 1.08 bits per heavy atom. The third-order valence-electron chi connectivity index (χ3n) is 5.60. The lowest BCUT2D eigenvalue weighted by Gasteiger charge is -2.21. The molecule has 5 rings (SSSR count). The van der Waals surface area contributed by atoms with Gasteiger partial charge in [0.1, 0.15) is 0 Å². The molecule has 3 heterocycles. The lowest BCUT2D eigenvalue weighted by atomic mass is 9.85. The maximum atomic E-state index is 5.62. The lowest BCUT2D eigenvalue weighted by Crippen LogP contribution is -2.09. The average Bonchev–Trinajstić information content (AvgIpc) is 3.08. The summed E-state index contributed by atoms with van der Waals surface area (Å²) in [5.41, 5.74) is 0.844. The molecule has 2 saturated carbocycles. The molecule has 0 spiro atoms. The van der Waals surface area contributed by atoms with E-state index in [1.165, 1.54) is 38.5 Å². The summed E-state index contributed by atoms with van der Waals surface area (Å²) in [6.45, 7) is 0. The minimum atomic E-state index is 0.453. The molecule has 25 heavy (non-hydrogen) atoms. The fourth-order valence-corrected chi connectivity index (χ4v) is 4.23. The predicted octanol–water partition coefficient (Wildman–Crippen LogP) is 4.00. The SMILES string of the molecule is c1cnc(-n2cccn2)c(-c2noc(C3CC3C3CCCCC3)n2)c1. The van der Waals surface area contributed by atoms with Crippen LogP contribution in [0.1, 0.15) is 50.3 Å². The first-order valence-electron chi connectivity index (χ1n) is 9.19. The van der Waals surface area contributed by atoms with E-state index in [1.807, 2.05) is 24.4 Å². The van der Waals surface area contributed by atoms with Crippen molar-refractivity contribution in [2.24, 2.45) is 11.8 Å². The summed E-state index contributed by atoms with van der Waals surface area (Å²) >= 11 is 0. The van der Waals surface area contributed by atoms with Crippen LogP contribution in [-0.4, -0.2) is 24.9 Å². The van der Waals surface area contributed by atoms with Gasteiger partial charge in [-0.15, -0.1) is 0 Å². The molecule has 2 fully saturated rings. The van der Waals surface area contributed by atoms with Gasteiger partial charge in [0.2, 0.25) is 11.7 Å². The molecular weight excluding hydrogens is 314 g/mol. The van der Waals surface area contributed by atoms with Gasteiger partial charge >= 0.3 is 0 Å². The van der Waals surface area contributed by atoms with E-state index in [-0.39, 0.29) is 0 Å². The summed E-state index contributed by atoms with van der Waals surface area (Å²) in [5, 5.41) is 8.50. The molecule has 0 N–H and O–H groups in total. The molecule has 2 aliphatic rings. The highest BCUT2D eigenvalue weighted by Gasteiger charge is 2.47. The smallest absolute Gasteiger partial charge is 0.230 e. The molecule has 3 aromatic heterocycles. The molecule has 2 atom stereocenters. The second kappa shape index (κ2) is 6.10.